The highest BCUT2D eigenvalue weighted by molar-refractivity contribution is 5.97. The minimum atomic E-state index is 0.345. The Hall–Kier alpha value is -2.54. The molecule has 0 atom stereocenters. The summed E-state index contributed by atoms with van der Waals surface area (Å²) in [5, 5.41) is 0. The van der Waals surface area contributed by atoms with Gasteiger partial charge in [-0.25, -0.2) is 0 Å². The van der Waals surface area contributed by atoms with Crippen molar-refractivity contribution in [3.8, 4) is 11.8 Å². The molecule has 2 rings (SSSR count). The molecule has 4 nitrogen and oxygen atoms in total. The van der Waals surface area contributed by atoms with E-state index in [9.17, 15) is 4.79 Å². The molecular formula is C19H22N2O2. The zero-order chi connectivity index (χ0) is 16.8. The van der Waals surface area contributed by atoms with Gasteiger partial charge >= 0.3 is 0 Å². The minimum absolute atomic E-state index is 0.345. The number of ether oxygens (including phenoxy) is 1. The van der Waals surface area contributed by atoms with E-state index in [4.69, 9.17) is 4.74 Å². The standard InChI is InChI=1S/C19H22N2O2/c1-14(2)5-6-15-7-8-17-16(11-15)9-10-21(13-22)18(17)12-19(20-3)23-4/h7-8,11-14H,9-10H2,1-4H3/b18-12-,20-19?. The van der Waals surface area contributed by atoms with Crippen LogP contribution in [0.5, 0.6) is 0 Å². The number of nitrogens with zero attached hydrogens (tertiary/aromatic N) is 2. The highest BCUT2D eigenvalue weighted by Gasteiger charge is 2.21. The van der Waals surface area contributed by atoms with Crippen LogP contribution in [-0.2, 0) is 16.0 Å². The molecule has 0 bridgehead atoms. The summed E-state index contributed by atoms with van der Waals surface area (Å²) in [5.41, 5.74) is 4.03. The van der Waals surface area contributed by atoms with Gasteiger partial charge in [0.05, 0.1) is 12.8 Å². The van der Waals surface area contributed by atoms with E-state index in [1.54, 1.807) is 25.1 Å². The summed E-state index contributed by atoms with van der Waals surface area (Å²) < 4.78 is 5.21. The Bertz CT molecular complexity index is 706. The molecule has 0 spiro atoms. The van der Waals surface area contributed by atoms with E-state index in [-0.39, 0.29) is 0 Å². The maximum Gasteiger partial charge on any atom is 0.214 e. The molecule has 0 aromatic heterocycles. The summed E-state index contributed by atoms with van der Waals surface area (Å²) in [6.45, 7) is 4.79. The molecule has 1 aromatic rings. The maximum atomic E-state index is 11.4. The summed E-state index contributed by atoms with van der Waals surface area (Å²) in [7, 11) is 3.23. The molecule has 0 radical (unpaired) electrons. The van der Waals surface area contributed by atoms with Crippen LogP contribution in [0.25, 0.3) is 5.70 Å². The van der Waals surface area contributed by atoms with Gasteiger partial charge in [0.1, 0.15) is 0 Å². The van der Waals surface area contributed by atoms with Gasteiger partial charge in [0.25, 0.3) is 0 Å². The van der Waals surface area contributed by atoms with Gasteiger partial charge in [-0.1, -0.05) is 31.8 Å². The van der Waals surface area contributed by atoms with Gasteiger partial charge < -0.3 is 9.64 Å². The van der Waals surface area contributed by atoms with Gasteiger partial charge in [-0.05, 0) is 24.1 Å². The summed E-state index contributed by atoms with van der Waals surface area (Å²) in [6, 6.07) is 6.12. The van der Waals surface area contributed by atoms with E-state index < -0.39 is 0 Å². The summed E-state index contributed by atoms with van der Waals surface area (Å²) in [6.07, 6.45) is 3.46. The smallest absolute Gasteiger partial charge is 0.214 e. The Morgan fingerprint density at radius 3 is 2.83 bits per heavy atom. The predicted molar refractivity (Wildman–Crippen MR) is 93.0 cm³/mol. The summed E-state index contributed by atoms with van der Waals surface area (Å²) in [5.74, 6) is 7.21. The van der Waals surface area contributed by atoms with Crippen molar-refractivity contribution in [2.24, 2.45) is 10.9 Å². The predicted octanol–water partition coefficient (Wildman–Crippen LogP) is 2.72. The molecular weight excluding hydrogens is 288 g/mol. The number of hydrogen-bond donors (Lipinski definition) is 0. The first-order valence-corrected chi connectivity index (χ1v) is 7.68. The third kappa shape index (κ3) is 4.01. The quantitative estimate of drug-likeness (QED) is 0.365. The summed E-state index contributed by atoms with van der Waals surface area (Å²) >= 11 is 0. The van der Waals surface area contributed by atoms with Crippen LogP contribution in [0.2, 0.25) is 0 Å². The van der Waals surface area contributed by atoms with Gasteiger partial charge in [-0.2, -0.15) is 0 Å². The summed E-state index contributed by atoms with van der Waals surface area (Å²) in [4.78, 5) is 17.1. The van der Waals surface area contributed by atoms with Crippen molar-refractivity contribution in [1.29, 1.82) is 0 Å². The zero-order valence-corrected chi connectivity index (χ0v) is 14.1. The highest BCUT2D eigenvalue weighted by atomic mass is 16.5. The maximum absolute atomic E-state index is 11.4. The first-order chi connectivity index (χ1) is 11.1. The van der Waals surface area contributed by atoms with Crippen LogP contribution in [-0.4, -0.2) is 37.9 Å². The Morgan fingerprint density at radius 2 is 2.22 bits per heavy atom. The number of hydrogen-bond acceptors (Lipinski definition) is 3. The second-order valence-corrected chi connectivity index (χ2v) is 5.64. The molecule has 1 aromatic carbocycles. The highest BCUT2D eigenvalue weighted by Crippen LogP contribution is 2.28. The lowest BCUT2D eigenvalue weighted by molar-refractivity contribution is -0.115. The molecule has 1 amide bonds. The van der Waals surface area contributed by atoms with Crippen molar-refractivity contribution < 1.29 is 9.53 Å². The first kappa shape index (κ1) is 16.8. The van der Waals surface area contributed by atoms with E-state index in [1.807, 2.05) is 12.1 Å². The van der Waals surface area contributed by atoms with E-state index >= 15 is 0 Å². The lowest BCUT2D eigenvalue weighted by atomic mass is 9.94. The van der Waals surface area contributed by atoms with Crippen molar-refractivity contribution in [2.45, 2.75) is 20.3 Å². The van der Waals surface area contributed by atoms with Gasteiger partial charge in [-0.3, -0.25) is 9.79 Å². The fraction of sp³-hybridized carbons (Fsp3) is 0.368. The van der Waals surface area contributed by atoms with Gasteiger partial charge in [0.2, 0.25) is 12.3 Å². The van der Waals surface area contributed by atoms with Crippen LogP contribution >= 0.6 is 0 Å². The second kappa shape index (κ2) is 7.64. The number of benzene rings is 1. The number of aliphatic imine (C=N–C) groups is 1. The Kier molecular flexibility index (Phi) is 5.59. The number of carbonyl (C=O) groups excluding carboxylic acids is 1. The first-order valence-electron chi connectivity index (χ1n) is 7.68. The Labute approximate surface area is 137 Å². The lowest BCUT2D eigenvalue weighted by Crippen LogP contribution is -2.29. The molecule has 1 heterocycles. The SMILES string of the molecule is CN=C(/C=C1/c2ccc(C#CC(C)C)cc2CCN1C=O)OC. The average molecular weight is 310 g/mol. The van der Waals surface area contributed by atoms with Crippen LogP contribution < -0.4 is 0 Å². The van der Waals surface area contributed by atoms with E-state index in [2.05, 4.69) is 36.7 Å². The fourth-order valence-corrected chi connectivity index (χ4v) is 2.47. The monoisotopic (exact) mass is 310 g/mol. The number of carbonyl (C=O) groups is 1. The molecule has 0 saturated carbocycles. The molecule has 0 fully saturated rings. The van der Waals surface area contributed by atoms with Crippen LogP contribution in [0.4, 0.5) is 0 Å². The number of methoxy groups -OCH3 is 1. The zero-order valence-electron chi connectivity index (χ0n) is 14.1. The van der Waals surface area contributed by atoms with Crippen molar-refractivity contribution >= 4 is 18.0 Å². The topological polar surface area (TPSA) is 41.9 Å². The Morgan fingerprint density at radius 1 is 1.43 bits per heavy atom. The lowest BCUT2D eigenvalue weighted by Gasteiger charge is -2.28. The van der Waals surface area contributed by atoms with Crippen LogP contribution in [0.1, 0.15) is 30.5 Å². The van der Waals surface area contributed by atoms with Crippen LogP contribution in [0, 0.1) is 17.8 Å². The molecule has 0 N–H and O–H groups in total. The van der Waals surface area contributed by atoms with E-state index in [0.29, 0.717) is 18.4 Å². The number of fused-ring (bicyclic) bond motifs is 1. The van der Waals surface area contributed by atoms with Crippen molar-refractivity contribution in [1.82, 2.24) is 4.90 Å². The molecule has 1 aliphatic rings. The largest absolute Gasteiger partial charge is 0.481 e. The van der Waals surface area contributed by atoms with Crippen molar-refractivity contribution in [2.75, 3.05) is 20.7 Å². The average Bonchev–Trinajstić information content (AvgIpc) is 2.57. The fourth-order valence-electron chi connectivity index (χ4n) is 2.47. The van der Waals surface area contributed by atoms with E-state index in [0.717, 1.165) is 29.7 Å². The normalized spacial score (nSPS) is 16.0. The van der Waals surface area contributed by atoms with Crippen LogP contribution in [0.15, 0.2) is 29.3 Å². The van der Waals surface area contributed by atoms with Crippen molar-refractivity contribution in [3.05, 3.63) is 41.0 Å². The third-order valence-electron chi connectivity index (χ3n) is 3.63. The molecule has 0 aliphatic carbocycles. The number of amides is 1. The molecule has 23 heavy (non-hydrogen) atoms. The molecule has 0 saturated heterocycles. The third-order valence-corrected chi connectivity index (χ3v) is 3.63. The Balaban J connectivity index is 2.47. The van der Waals surface area contributed by atoms with E-state index in [1.165, 1.54) is 5.56 Å². The van der Waals surface area contributed by atoms with Crippen LogP contribution in [0.3, 0.4) is 0 Å². The van der Waals surface area contributed by atoms with Gasteiger partial charge in [0, 0.05) is 36.7 Å². The second-order valence-electron chi connectivity index (χ2n) is 5.64. The van der Waals surface area contributed by atoms with Crippen molar-refractivity contribution in [3.63, 3.8) is 0 Å². The number of rotatable bonds is 2. The van der Waals surface area contributed by atoms with Gasteiger partial charge in [0.15, 0.2) is 0 Å². The van der Waals surface area contributed by atoms with Gasteiger partial charge in [-0.15, -0.1) is 0 Å². The molecule has 1 aliphatic heterocycles. The minimum Gasteiger partial charge on any atom is -0.481 e. The molecule has 0 unspecified atom stereocenters. The molecule has 120 valence electrons. The molecule has 4 heteroatoms.